The third-order valence-electron chi connectivity index (χ3n) is 5.82. The molecule has 0 atom stereocenters. The van der Waals surface area contributed by atoms with Gasteiger partial charge in [-0.1, -0.05) is 20.8 Å². The van der Waals surface area contributed by atoms with Crippen LogP contribution in [0.3, 0.4) is 0 Å². The minimum Gasteiger partial charge on any atom is -0.382 e. The van der Waals surface area contributed by atoms with E-state index in [1.54, 1.807) is 7.11 Å². The normalized spacial score (nSPS) is 11.8. The summed E-state index contributed by atoms with van der Waals surface area (Å²) in [6.07, 6.45) is 1.32. The first-order valence-electron chi connectivity index (χ1n) is 16.6. The number of methoxy groups -OCH3 is 1. The number of carbonyl (C=O) groups excluding carboxylic acids is 1. The van der Waals surface area contributed by atoms with E-state index in [1.165, 1.54) is 0 Å². The van der Waals surface area contributed by atoms with Gasteiger partial charge in [0.1, 0.15) is 0 Å². The predicted molar refractivity (Wildman–Crippen MR) is 173 cm³/mol. The number of nitrogens with one attached hydrogen (secondary N) is 1. The van der Waals surface area contributed by atoms with Crippen LogP contribution in [0.4, 0.5) is 0 Å². The maximum Gasteiger partial charge on any atom is 0.222 e. The van der Waals surface area contributed by atoms with Crippen molar-refractivity contribution >= 4 is 5.91 Å². The van der Waals surface area contributed by atoms with E-state index in [4.69, 9.17) is 56.8 Å². The van der Waals surface area contributed by atoms with Crippen LogP contribution in [0.5, 0.6) is 0 Å². The molecular weight excluding hydrogens is 606 g/mol. The summed E-state index contributed by atoms with van der Waals surface area (Å²) in [5.41, 5.74) is 0.218. The summed E-state index contributed by atoms with van der Waals surface area (Å²) >= 11 is 0. The molecule has 0 rings (SSSR count). The second kappa shape index (κ2) is 36.8. The van der Waals surface area contributed by atoms with E-state index in [2.05, 4.69) is 26.1 Å². The van der Waals surface area contributed by atoms with E-state index in [9.17, 15) is 4.79 Å². The molecule has 0 aromatic rings. The molecule has 1 amide bonds. The summed E-state index contributed by atoms with van der Waals surface area (Å²) in [5, 5.41) is 2.91. The summed E-state index contributed by atoms with van der Waals surface area (Å²) in [7, 11) is 1.64. The molecule has 0 unspecified atom stereocenters. The Hall–Kier alpha value is -1.01. The van der Waals surface area contributed by atoms with Crippen LogP contribution >= 0.6 is 0 Å². The molecule has 46 heavy (non-hydrogen) atoms. The highest BCUT2D eigenvalue weighted by Gasteiger charge is 2.10. The fraction of sp³-hybridized carbons (Fsp3) is 0.969. The first-order chi connectivity index (χ1) is 22.5. The van der Waals surface area contributed by atoms with Crippen molar-refractivity contribution in [2.24, 2.45) is 5.41 Å². The van der Waals surface area contributed by atoms with Crippen LogP contribution in [0, 0.1) is 5.41 Å². The first-order valence-corrected chi connectivity index (χ1v) is 16.6. The fourth-order valence-corrected chi connectivity index (χ4v) is 3.27. The molecule has 14 heteroatoms. The zero-order valence-electron chi connectivity index (χ0n) is 29.2. The number of amides is 1. The van der Waals surface area contributed by atoms with Crippen molar-refractivity contribution in [2.45, 2.75) is 33.6 Å². The van der Waals surface area contributed by atoms with Gasteiger partial charge in [-0.25, -0.2) is 0 Å². The maximum absolute atomic E-state index is 11.7. The topological polar surface area (TPSA) is 140 Å². The monoisotopic (exact) mass is 671 g/mol. The van der Waals surface area contributed by atoms with Crippen molar-refractivity contribution in [2.75, 3.05) is 166 Å². The minimum atomic E-state index is 0.0195. The zero-order valence-corrected chi connectivity index (χ0v) is 29.2. The standard InChI is InChI=1S/C32H65NO13/c1-32(2,3)6-7-33-31(34)5-8-36-11-12-38-15-16-40-19-20-42-23-24-44-27-28-46-30-29-45-26-25-43-22-21-41-18-17-39-14-13-37-10-9-35-4/h5-30H2,1-4H3,(H,33,34). The highest BCUT2D eigenvalue weighted by molar-refractivity contribution is 5.75. The summed E-state index contributed by atoms with van der Waals surface area (Å²) < 4.78 is 64.7. The highest BCUT2D eigenvalue weighted by atomic mass is 16.6. The van der Waals surface area contributed by atoms with E-state index in [1.807, 2.05) is 0 Å². The van der Waals surface area contributed by atoms with Gasteiger partial charge in [0.05, 0.1) is 152 Å². The average Bonchev–Trinajstić information content (AvgIpc) is 3.02. The van der Waals surface area contributed by atoms with Crippen LogP contribution in [0.2, 0.25) is 0 Å². The molecule has 0 aliphatic heterocycles. The van der Waals surface area contributed by atoms with E-state index in [0.29, 0.717) is 165 Å². The zero-order chi connectivity index (χ0) is 33.7. The van der Waals surface area contributed by atoms with Gasteiger partial charge in [-0.2, -0.15) is 0 Å². The molecule has 0 spiro atoms. The van der Waals surface area contributed by atoms with Crippen molar-refractivity contribution in [3.8, 4) is 0 Å². The quantitative estimate of drug-likeness (QED) is 0.0955. The van der Waals surface area contributed by atoms with Gasteiger partial charge in [0, 0.05) is 20.1 Å². The van der Waals surface area contributed by atoms with Crippen LogP contribution in [0.15, 0.2) is 0 Å². The van der Waals surface area contributed by atoms with Crippen molar-refractivity contribution in [3.05, 3.63) is 0 Å². The Morgan fingerprint density at radius 3 is 0.891 bits per heavy atom. The molecule has 0 heterocycles. The number of hydrogen-bond donors (Lipinski definition) is 1. The maximum atomic E-state index is 11.7. The lowest BCUT2D eigenvalue weighted by Crippen LogP contribution is -2.28. The highest BCUT2D eigenvalue weighted by Crippen LogP contribution is 2.16. The van der Waals surface area contributed by atoms with Gasteiger partial charge in [-0.15, -0.1) is 0 Å². The Balaban J connectivity index is 3.10. The van der Waals surface area contributed by atoms with Crippen molar-refractivity contribution in [3.63, 3.8) is 0 Å². The third-order valence-corrected chi connectivity index (χ3v) is 5.82. The molecule has 0 aliphatic rings. The SMILES string of the molecule is COCCOCCOCCOCCOCCOCCOCCOCCOCCOCCOCCOCCC(=O)NCCC(C)(C)C. The van der Waals surface area contributed by atoms with Gasteiger partial charge in [-0.05, 0) is 11.8 Å². The molecule has 0 aliphatic carbocycles. The fourth-order valence-electron chi connectivity index (χ4n) is 3.27. The molecule has 0 saturated carbocycles. The van der Waals surface area contributed by atoms with Crippen molar-refractivity contribution < 1.29 is 61.6 Å². The molecular formula is C32H65NO13. The largest absolute Gasteiger partial charge is 0.382 e. The lowest BCUT2D eigenvalue weighted by atomic mass is 9.92. The summed E-state index contributed by atoms with van der Waals surface area (Å²) in [5.74, 6) is 0.0195. The Bertz CT molecular complexity index is 611. The lowest BCUT2D eigenvalue weighted by molar-refractivity contribution is -0.122. The second-order valence-electron chi connectivity index (χ2n) is 11.1. The smallest absolute Gasteiger partial charge is 0.222 e. The van der Waals surface area contributed by atoms with Crippen LogP contribution in [0.25, 0.3) is 0 Å². The van der Waals surface area contributed by atoms with E-state index >= 15 is 0 Å². The summed E-state index contributed by atoms with van der Waals surface area (Å²) in [4.78, 5) is 11.7. The third kappa shape index (κ3) is 41.0. The molecule has 0 fully saturated rings. The molecule has 0 aromatic heterocycles. The number of ether oxygens (including phenoxy) is 12. The van der Waals surface area contributed by atoms with E-state index < -0.39 is 0 Å². The lowest BCUT2D eigenvalue weighted by Gasteiger charge is -2.17. The molecule has 276 valence electrons. The molecule has 0 saturated heterocycles. The van der Waals surface area contributed by atoms with E-state index in [-0.39, 0.29) is 11.3 Å². The van der Waals surface area contributed by atoms with Crippen LogP contribution in [-0.2, 0) is 61.6 Å². The molecule has 14 nitrogen and oxygen atoms in total. The predicted octanol–water partition coefficient (Wildman–Crippen LogP) is 1.76. The Labute approximate surface area is 277 Å². The second-order valence-corrected chi connectivity index (χ2v) is 11.1. The van der Waals surface area contributed by atoms with Crippen LogP contribution < -0.4 is 5.32 Å². The average molecular weight is 672 g/mol. The number of carbonyl (C=O) groups is 1. The molecule has 1 N–H and O–H groups in total. The minimum absolute atomic E-state index is 0.0195. The summed E-state index contributed by atoms with van der Waals surface area (Å²) in [6.45, 7) is 18.8. The summed E-state index contributed by atoms with van der Waals surface area (Å²) in [6, 6.07) is 0. The van der Waals surface area contributed by atoms with E-state index in [0.717, 1.165) is 6.42 Å². The van der Waals surface area contributed by atoms with Crippen molar-refractivity contribution in [1.82, 2.24) is 5.32 Å². The Morgan fingerprint density at radius 2 is 0.652 bits per heavy atom. The van der Waals surface area contributed by atoms with Gasteiger partial charge < -0.3 is 62.2 Å². The van der Waals surface area contributed by atoms with Gasteiger partial charge in [0.2, 0.25) is 5.91 Å². The van der Waals surface area contributed by atoms with Crippen molar-refractivity contribution in [1.29, 1.82) is 0 Å². The van der Waals surface area contributed by atoms with Gasteiger partial charge in [-0.3, -0.25) is 4.79 Å². The van der Waals surface area contributed by atoms with Crippen LogP contribution in [0.1, 0.15) is 33.6 Å². The first kappa shape index (κ1) is 45.0. The number of rotatable bonds is 38. The number of hydrogen-bond acceptors (Lipinski definition) is 13. The Morgan fingerprint density at radius 1 is 0.413 bits per heavy atom. The molecule has 0 radical (unpaired) electrons. The Kier molecular flexibility index (Phi) is 36.0. The van der Waals surface area contributed by atoms with Gasteiger partial charge in [0.15, 0.2) is 0 Å². The van der Waals surface area contributed by atoms with Gasteiger partial charge in [0.25, 0.3) is 0 Å². The van der Waals surface area contributed by atoms with Crippen LogP contribution in [-0.4, -0.2) is 172 Å². The molecule has 0 bridgehead atoms. The molecule has 0 aromatic carbocycles. The van der Waals surface area contributed by atoms with Gasteiger partial charge >= 0.3 is 0 Å².